The zero-order valence-corrected chi connectivity index (χ0v) is 11.6. The van der Waals surface area contributed by atoms with E-state index in [1.165, 1.54) is 4.88 Å². The molecule has 0 bridgehead atoms. The van der Waals surface area contributed by atoms with Crippen molar-refractivity contribution in [3.8, 4) is 0 Å². The molecule has 1 heterocycles. The van der Waals surface area contributed by atoms with E-state index in [-0.39, 0.29) is 12.1 Å². The highest BCUT2D eigenvalue weighted by molar-refractivity contribution is 9.11. The summed E-state index contributed by atoms with van der Waals surface area (Å²) in [4.78, 5) is 1.29. The van der Waals surface area contributed by atoms with Crippen LogP contribution in [0.25, 0.3) is 0 Å². The molecule has 1 rings (SSSR count). The van der Waals surface area contributed by atoms with Gasteiger partial charge in [-0.1, -0.05) is 13.8 Å². The second-order valence-electron chi connectivity index (χ2n) is 3.70. The van der Waals surface area contributed by atoms with E-state index in [1.807, 2.05) is 0 Å². The molecule has 15 heavy (non-hydrogen) atoms. The van der Waals surface area contributed by atoms with Crippen molar-refractivity contribution in [1.82, 2.24) is 5.32 Å². The Labute approximate surface area is 104 Å². The highest BCUT2D eigenvalue weighted by atomic mass is 79.9. The van der Waals surface area contributed by atoms with E-state index in [0.717, 1.165) is 23.2 Å². The maximum Gasteiger partial charge on any atom is 0.0701 e. The summed E-state index contributed by atoms with van der Waals surface area (Å²) in [5.41, 5.74) is -0.115. The fourth-order valence-electron chi connectivity index (χ4n) is 1.50. The summed E-state index contributed by atoms with van der Waals surface area (Å²) < 4.78 is 1.15. The molecule has 1 aromatic rings. The third kappa shape index (κ3) is 3.55. The van der Waals surface area contributed by atoms with E-state index in [1.54, 1.807) is 11.3 Å². The summed E-state index contributed by atoms with van der Waals surface area (Å²) in [6.07, 6.45) is 1.90. The molecule has 1 aromatic heterocycles. The van der Waals surface area contributed by atoms with Crippen LogP contribution in [0, 0.1) is 0 Å². The molecule has 0 atom stereocenters. The molecule has 0 aromatic carbocycles. The van der Waals surface area contributed by atoms with Crippen LogP contribution in [0.5, 0.6) is 0 Å². The van der Waals surface area contributed by atoms with E-state index >= 15 is 0 Å². The van der Waals surface area contributed by atoms with E-state index < -0.39 is 0 Å². The number of thiophene rings is 1. The highest BCUT2D eigenvalue weighted by Gasteiger charge is 2.24. The number of nitrogens with one attached hydrogen (secondary N) is 1. The van der Waals surface area contributed by atoms with Gasteiger partial charge in [0, 0.05) is 17.0 Å². The average Bonchev–Trinajstić information content (AvgIpc) is 2.67. The third-order valence-electron chi connectivity index (χ3n) is 2.92. The Hall–Kier alpha value is 0.1000. The summed E-state index contributed by atoms with van der Waals surface area (Å²) in [6.45, 7) is 5.25. The van der Waals surface area contributed by atoms with Gasteiger partial charge in [-0.15, -0.1) is 11.3 Å². The Bertz CT molecular complexity index is 288. The molecule has 0 unspecified atom stereocenters. The van der Waals surface area contributed by atoms with Crippen LogP contribution in [-0.4, -0.2) is 17.3 Å². The lowest BCUT2D eigenvalue weighted by molar-refractivity contribution is 0.150. The number of hydrogen-bond acceptors (Lipinski definition) is 3. The predicted octanol–water partition coefficient (Wildman–Crippen LogP) is 3.15. The van der Waals surface area contributed by atoms with Crippen molar-refractivity contribution < 1.29 is 5.11 Å². The minimum absolute atomic E-state index is 0.115. The molecule has 0 radical (unpaired) electrons. The summed E-state index contributed by atoms with van der Waals surface area (Å²) in [7, 11) is 0. The largest absolute Gasteiger partial charge is 0.394 e. The second kappa shape index (κ2) is 5.99. The van der Waals surface area contributed by atoms with E-state index in [9.17, 15) is 5.11 Å². The lowest BCUT2D eigenvalue weighted by Gasteiger charge is -2.30. The quantitative estimate of drug-likeness (QED) is 0.844. The van der Waals surface area contributed by atoms with Crippen LogP contribution >= 0.6 is 27.3 Å². The van der Waals surface area contributed by atoms with Gasteiger partial charge in [-0.3, -0.25) is 0 Å². The lowest BCUT2D eigenvalue weighted by atomic mass is 9.94. The molecule has 0 amide bonds. The first-order valence-electron chi connectivity index (χ1n) is 5.26. The number of halogens is 1. The van der Waals surface area contributed by atoms with Crippen LogP contribution in [0.15, 0.2) is 15.9 Å². The normalized spacial score (nSPS) is 12.0. The van der Waals surface area contributed by atoms with Gasteiger partial charge in [0.25, 0.3) is 0 Å². The number of hydrogen-bond donors (Lipinski definition) is 2. The van der Waals surface area contributed by atoms with Crippen molar-refractivity contribution in [2.75, 3.05) is 6.61 Å². The van der Waals surface area contributed by atoms with Gasteiger partial charge in [0.1, 0.15) is 0 Å². The van der Waals surface area contributed by atoms with Crippen molar-refractivity contribution in [2.45, 2.75) is 38.8 Å². The zero-order chi connectivity index (χ0) is 11.3. The molecular weight excluding hydrogens is 274 g/mol. The minimum atomic E-state index is -0.115. The Morgan fingerprint density at radius 3 is 2.47 bits per heavy atom. The Morgan fingerprint density at radius 2 is 2.07 bits per heavy atom. The van der Waals surface area contributed by atoms with Gasteiger partial charge in [0.15, 0.2) is 0 Å². The van der Waals surface area contributed by atoms with Crippen molar-refractivity contribution in [3.05, 3.63) is 20.8 Å². The fourth-order valence-corrected chi connectivity index (χ4v) is 2.92. The SMILES string of the molecule is CCC(CC)(CO)NCc1ccc(Br)s1. The Balaban J connectivity index is 2.54. The van der Waals surface area contributed by atoms with Crippen molar-refractivity contribution >= 4 is 27.3 Å². The molecule has 2 nitrogen and oxygen atoms in total. The standard InChI is InChI=1S/C11H18BrNOS/c1-3-11(4-2,8-14)13-7-9-5-6-10(12)15-9/h5-6,13-14H,3-4,7-8H2,1-2H3. The molecular formula is C11H18BrNOS. The van der Waals surface area contributed by atoms with Crippen LogP contribution in [0.3, 0.4) is 0 Å². The van der Waals surface area contributed by atoms with Crippen molar-refractivity contribution in [1.29, 1.82) is 0 Å². The summed E-state index contributed by atoms with van der Waals surface area (Å²) in [5.74, 6) is 0. The molecule has 0 spiro atoms. The molecule has 0 saturated heterocycles. The zero-order valence-electron chi connectivity index (χ0n) is 9.22. The topological polar surface area (TPSA) is 32.3 Å². The number of rotatable bonds is 6. The third-order valence-corrected chi connectivity index (χ3v) is 4.55. The van der Waals surface area contributed by atoms with Gasteiger partial charge >= 0.3 is 0 Å². The van der Waals surface area contributed by atoms with Crippen LogP contribution in [-0.2, 0) is 6.54 Å². The summed E-state index contributed by atoms with van der Waals surface area (Å²) in [5, 5.41) is 12.8. The van der Waals surface area contributed by atoms with Crippen LogP contribution in [0.2, 0.25) is 0 Å². The summed E-state index contributed by atoms with van der Waals surface area (Å²) in [6, 6.07) is 4.16. The van der Waals surface area contributed by atoms with Crippen molar-refractivity contribution in [2.24, 2.45) is 0 Å². The molecule has 0 aliphatic heterocycles. The first-order chi connectivity index (χ1) is 7.15. The van der Waals surface area contributed by atoms with Crippen molar-refractivity contribution in [3.63, 3.8) is 0 Å². The van der Waals surface area contributed by atoms with E-state index in [4.69, 9.17) is 0 Å². The molecule has 2 N–H and O–H groups in total. The average molecular weight is 292 g/mol. The fraction of sp³-hybridized carbons (Fsp3) is 0.636. The minimum Gasteiger partial charge on any atom is -0.394 e. The second-order valence-corrected chi connectivity index (χ2v) is 6.25. The van der Waals surface area contributed by atoms with Gasteiger partial charge in [0.05, 0.1) is 10.4 Å². The monoisotopic (exact) mass is 291 g/mol. The number of aliphatic hydroxyl groups is 1. The van der Waals surface area contributed by atoms with Gasteiger partial charge in [-0.05, 0) is 40.9 Å². The van der Waals surface area contributed by atoms with Crippen LogP contribution < -0.4 is 5.32 Å². The predicted molar refractivity (Wildman–Crippen MR) is 69.3 cm³/mol. The maximum atomic E-state index is 9.39. The molecule has 0 aliphatic carbocycles. The molecule has 86 valence electrons. The van der Waals surface area contributed by atoms with Crippen LogP contribution in [0.4, 0.5) is 0 Å². The van der Waals surface area contributed by atoms with Gasteiger partial charge in [0.2, 0.25) is 0 Å². The maximum absolute atomic E-state index is 9.39. The molecule has 0 aliphatic rings. The van der Waals surface area contributed by atoms with Gasteiger partial charge in [-0.2, -0.15) is 0 Å². The summed E-state index contributed by atoms with van der Waals surface area (Å²) >= 11 is 5.18. The van der Waals surface area contributed by atoms with E-state index in [0.29, 0.717) is 0 Å². The smallest absolute Gasteiger partial charge is 0.0701 e. The number of aliphatic hydroxyl groups excluding tert-OH is 1. The highest BCUT2D eigenvalue weighted by Crippen LogP contribution is 2.23. The molecule has 0 saturated carbocycles. The van der Waals surface area contributed by atoms with E-state index in [2.05, 4.69) is 47.2 Å². The molecule has 0 fully saturated rings. The Kier molecular flexibility index (Phi) is 5.26. The first kappa shape index (κ1) is 13.2. The molecule has 4 heteroatoms. The Morgan fingerprint density at radius 1 is 1.40 bits per heavy atom. The lowest BCUT2D eigenvalue weighted by Crippen LogP contribution is -2.46. The van der Waals surface area contributed by atoms with Gasteiger partial charge in [-0.25, -0.2) is 0 Å². The van der Waals surface area contributed by atoms with Gasteiger partial charge < -0.3 is 10.4 Å². The first-order valence-corrected chi connectivity index (χ1v) is 6.87. The van der Waals surface area contributed by atoms with Crippen LogP contribution in [0.1, 0.15) is 31.6 Å².